The largest absolute Gasteiger partial charge is 0.491 e. The Kier molecular flexibility index (Phi) is 8.41. The van der Waals surface area contributed by atoms with E-state index in [0.717, 1.165) is 13.0 Å². The Bertz CT molecular complexity index is 676. The van der Waals surface area contributed by atoms with E-state index in [4.69, 9.17) is 9.47 Å². The lowest BCUT2D eigenvalue weighted by atomic mass is 10.2. The molecule has 1 heterocycles. The van der Waals surface area contributed by atoms with E-state index in [2.05, 4.69) is 22.8 Å². The minimum absolute atomic E-state index is 0. The van der Waals surface area contributed by atoms with Gasteiger partial charge in [0, 0.05) is 25.4 Å². The number of carbonyl (C=O) groups is 1. The van der Waals surface area contributed by atoms with Crippen LogP contribution < -0.4 is 15.4 Å². The van der Waals surface area contributed by atoms with Crippen LogP contribution in [0.2, 0.25) is 0 Å². The number of hydrogen-bond acceptors (Lipinski definition) is 4. The van der Waals surface area contributed by atoms with Gasteiger partial charge in [0.15, 0.2) is 0 Å². The second-order valence-corrected chi connectivity index (χ2v) is 6.06. The van der Waals surface area contributed by atoms with Crippen molar-refractivity contribution < 1.29 is 14.3 Å². The van der Waals surface area contributed by atoms with Crippen LogP contribution >= 0.6 is 12.4 Å². The molecule has 0 aliphatic carbocycles. The predicted octanol–water partition coefficient (Wildman–Crippen LogP) is 3.05. The minimum atomic E-state index is -0.0397. The van der Waals surface area contributed by atoms with Crippen LogP contribution in [0.5, 0.6) is 5.75 Å². The molecule has 0 spiro atoms. The molecule has 1 unspecified atom stereocenters. The van der Waals surface area contributed by atoms with Gasteiger partial charge in [-0.3, -0.25) is 4.79 Å². The number of para-hydroxylation sites is 2. The molecule has 3 rings (SSSR count). The monoisotopic (exact) mass is 376 g/mol. The zero-order valence-electron chi connectivity index (χ0n) is 14.6. The van der Waals surface area contributed by atoms with Crippen molar-refractivity contribution in [2.75, 3.05) is 31.7 Å². The van der Waals surface area contributed by atoms with Crippen molar-refractivity contribution in [1.29, 1.82) is 0 Å². The highest BCUT2D eigenvalue weighted by Crippen LogP contribution is 2.24. The van der Waals surface area contributed by atoms with Gasteiger partial charge in [0.05, 0.1) is 25.5 Å². The van der Waals surface area contributed by atoms with Crippen LogP contribution in [0.4, 0.5) is 5.69 Å². The van der Waals surface area contributed by atoms with E-state index in [1.807, 2.05) is 42.5 Å². The van der Waals surface area contributed by atoms with Crippen molar-refractivity contribution in [2.24, 2.45) is 0 Å². The van der Waals surface area contributed by atoms with Gasteiger partial charge in [0.2, 0.25) is 5.91 Å². The average molecular weight is 377 g/mol. The number of nitrogens with one attached hydrogen (secondary N) is 2. The number of halogens is 1. The van der Waals surface area contributed by atoms with Gasteiger partial charge in [-0.25, -0.2) is 0 Å². The zero-order valence-corrected chi connectivity index (χ0v) is 15.5. The fourth-order valence-electron chi connectivity index (χ4n) is 2.80. The normalized spacial score (nSPS) is 16.4. The first-order valence-electron chi connectivity index (χ1n) is 8.68. The van der Waals surface area contributed by atoms with Gasteiger partial charge >= 0.3 is 0 Å². The van der Waals surface area contributed by atoms with Gasteiger partial charge in [0.1, 0.15) is 5.75 Å². The molecule has 5 nitrogen and oxygen atoms in total. The maximum atomic E-state index is 12.3. The Morgan fingerprint density at radius 2 is 1.92 bits per heavy atom. The number of morpholine rings is 1. The molecule has 1 aliphatic heterocycles. The Hall–Kier alpha value is -2.08. The summed E-state index contributed by atoms with van der Waals surface area (Å²) >= 11 is 0. The number of rotatable bonds is 7. The highest BCUT2D eigenvalue weighted by atomic mass is 35.5. The second kappa shape index (κ2) is 10.8. The summed E-state index contributed by atoms with van der Waals surface area (Å²) in [6, 6.07) is 17.8. The van der Waals surface area contributed by atoms with Crippen LogP contribution in [0, 0.1) is 0 Å². The summed E-state index contributed by atoms with van der Waals surface area (Å²) in [6.45, 7) is 2.63. The summed E-state index contributed by atoms with van der Waals surface area (Å²) in [5.74, 6) is 0.654. The molecule has 0 bridgehead atoms. The van der Waals surface area contributed by atoms with Gasteiger partial charge in [-0.05, 0) is 17.7 Å². The quantitative estimate of drug-likeness (QED) is 0.779. The Labute approximate surface area is 160 Å². The van der Waals surface area contributed by atoms with Gasteiger partial charge in [-0.2, -0.15) is 0 Å². The van der Waals surface area contributed by atoms with Crippen molar-refractivity contribution in [3.05, 3.63) is 60.2 Å². The Balaban J connectivity index is 0.00000243. The lowest BCUT2D eigenvalue weighted by Gasteiger charge is -2.23. The molecule has 1 saturated heterocycles. The maximum Gasteiger partial charge on any atom is 0.226 e. The molecule has 1 atom stereocenters. The van der Waals surface area contributed by atoms with E-state index < -0.39 is 0 Å². The fourth-order valence-corrected chi connectivity index (χ4v) is 2.80. The minimum Gasteiger partial charge on any atom is -0.491 e. The summed E-state index contributed by atoms with van der Waals surface area (Å²) in [4.78, 5) is 12.3. The molecule has 1 aliphatic rings. The summed E-state index contributed by atoms with van der Waals surface area (Å²) in [6.07, 6.45) is 1.21. The maximum absolute atomic E-state index is 12.3. The van der Waals surface area contributed by atoms with Crippen molar-refractivity contribution in [1.82, 2.24) is 5.32 Å². The molecule has 0 saturated carbocycles. The Morgan fingerprint density at radius 1 is 1.15 bits per heavy atom. The SMILES string of the molecule is Cl.O=C(CC1COCCN1)Nc1ccccc1OCCc1ccccc1. The second-order valence-electron chi connectivity index (χ2n) is 6.06. The van der Waals surface area contributed by atoms with E-state index >= 15 is 0 Å². The van der Waals surface area contributed by atoms with E-state index in [0.29, 0.717) is 37.7 Å². The first-order valence-corrected chi connectivity index (χ1v) is 8.68. The van der Waals surface area contributed by atoms with Crippen LogP contribution in [0.1, 0.15) is 12.0 Å². The van der Waals surface area contributed by atoms with Crippen LogP contribution in [0.15, 0.2) is 54.6 Å². The van der Waals surface area contributed by atoms with Crippen molar-refractivity contribution in [2.45, 2.75) is 18.9 Å². The standard InChI is InChI=1S/C20H24N2O3.ClH/c23-20(14-17-15-24-13-11-21-17)22-18-8-4-5-9-19(18)25-12-10-16-6-2-1-3-7-16;/h1-9,17,21H,10-15H2,(H,22,23);1H. The molecular weight excluding hydrogens is 352 g/mol. The number of hydrogen-bond donors (Lipinski definition) is 2. The molecule has 1 fully saturated rings. The molecule has 2 aromatic carbocycles. The molecule has 26 heavy (non-hydrogen) atoms. The van der Waals surface area contributed by atoms with Gasteiger partial charge < -0.3 is 20.1 Å². The van der Waals surface area contributed by atoms with Gasteiger partial charge in [0.25, 0.3) is 0 Å². The molecule has 0 aromatic heterocycles. The summed E-state index contributed by atoms with van der Waals surface area (Å²) in [5, 5.41) is 6.23. The molecule has 2 N–H and O–H groups in total. The van der Waals surface area contributed by atoms with Crippen LogP contribution in [-0.4, -0.2) is 38.3 Å². The highest BCUT2D eigenvalue weighted by molar-refractivity contribution is 5.92. The summed E-state index contributed by atoms with van der Waals surface area (Å²) < 4.78 is 11.3. The molecule has 6 heteroatoms. The average Bonchev–Trinajstić information content (AvgIpc) is 2.65. The molecular formula is C20H25ClN2O3. The Morgan fingerprint density at radius 3 is 2.69 bits per heavy atom. The van der Waals surface area contributed by atoms with Gasteiger partial charge in [-0.15, -0.1) is 12.4 Å². The molecule has 1 amide bonds. The first-order chi connectivity index (χ1) is 12.3. The number of amides is 1. The van der Waals surface area contributed by atoms with Crippen molar-refractivity contribution >= 4 is 24.0 Å². The van der Waals surface area contributed by atoms with Crippen LogP contribution in [0.3, 0.4) is 0 Å². The number of ether oxygens (including phenoxy) is 2. The van der Waals surface area contributed by atoms with Crippen LogP contribution in [0.25, 0.3) is 0 Å². The first kappa shape index (κ1) is 20.2. The van der Waals surface area contributed by atoms with Crippen molar-refractivity contribution in [3.63, 3.8) is 0 Å². The number of carbonyl (C=O) groups excluding carboxylic acids is 1. The highest BCUT2D eigenvalue weighted by Gasteiger charge is 2.17. The zero-order chi connectivity index (χ0) is 17.3. The van der Waals surface area contributed by atoms with E-state index in [1.54, 1.807) is 0 Å². The third kappa shape index (κ3) is 6.33. The van der Waals surface area contributed by atoms with E-state index in [-0.39, 0.29) is 24.4 Å². The van der Waals surface area contributed by atoms with Crippen LogP contribution in [-0.2, 0) is 16.0 Å². The topological polar surface area (TPSA) is 59.6 Å². The lowest BCUT2D eigenvalue weighted by molar-refractivity contribution is -0.117. The number of benzene rings is 2. The molecule has 0 radical (unpaired) electrons. The third-order valence-corrected chi connectivity index (χ3v) is 4.08. The van der Waals surface area contributed by atoms with E-state index in [9.17, 15) is 4.79 Å². The third-order valence-electron chi connectivity index (χ3n) is 4.08. The fraction of sp³-hybridized carbons (Fsp3) is 0.350. The molecule has 140 valence electrons. The smallest absolute Gasteiger partial charge is 0.226 e. The van der Waals surface area contributed by atoms with Crippen molar-refractivity contribution in [3.8, 4) is 5.75 Å². The summed E-state index contributed by atoms with van der Waals surface area (Å²) in [7, 11) is 0. The lowest BCUT2D eigenvalue weighted by Crippen LogP contribution is -2.43. The number of anilines is 1. The van der Waals surface area contributed by atoms with E-state index in [1.165, 1.54) is 5.56 Å². The van der Waals surface area contributed by atoms with Gasteiger partial charge in [-0.1, -0.05) is 42.5 Å². The molecule has 2 aromatic rings. The summed E-state index contributed by atoms with van der Waals surface area (Å²) in [5.41, 5.74) is 1.93. The predicted molar refractivity (Wildman–Crippen MR) is 105 cm³/mol.